The average Bonchev–Trinajstić information content (AvgIpc) is 3.97. The van der Waals surface area contributed by atoms with Crippen LogP contribution in [0.5, 0.6) is 0 Å². The number of fused-ring (bicyclic) bond motifs is 6. The third kappa shape index (κ3) is 10.0. The Bertz CT molecular complexity index is 4070. The number of thiophene rings is 1. The zero-order valence-corrected chi connectivity index (χ0v) is 43.7. The Balaban J connectivity index is 0.000000170. The van der Waals surface area contributed by atoms with Gasteiger partial charge in [0, 0.05) is 36.5 Å². The standard InChI is InChI=1S/C44H32S.C26H20N2.C3H6/c1-2-30-12-9-21-38(24-30)40-28-39(36-20-11-18-34(26-36)32-15-7-4-8-16-32)29-42-41-27-37(22-23-43(41)45-44(40)42)35-19-10-17-33(25-35)31-13-5-3-6-14-31;27-25-23-15-19(17-7-3-1-4-8-17)11-13-21(23)22-14-12-20(16-24(22)26(25)28)18-9-5-2-6-10-18;1-3-2/h3-29H,2H2,1H3;1-16H,27-28H2;3H,1H2,2H3. The van der Waals surface area contributed by atoms with Gasteiger partial charge in [0.2, 0.25) is 0 Å². The van der Waals surface area contributed by atoms with E-state index in [9.17, 15) is 0 Å². The predicted molar refractivity (Wildman–Crippen MR) is 333 cm³/mol. The molecule has 13 aromatic rings. The van der Waals surface area contributed by atoms with E-state index in [-0.39, 0.29) is 0 Å². The summed E-state index contributed by atoms with van der Waals surface area (Å²) in [7, 11) is 0. The Morgan fingerprint density at radius 1 is 0.329 bits per heavy atom. The molecule has 0 aliphatic carbocycles. The highest BCUT2D eigenvalue weighted by molar-refractivity contribution is 7.26. The Kier molecular flexibility index (Phi) is 14.2. The molecule has 0 spiro atoms. The van der Waals surface area contributed by atoms with Gasteiger partial charge in [-0.15, -0.1) is 17.9 Å². The molecule has 0 aliphatic heterocycles. The van der Waals surface area contributed by atoms with Crippen molar-refractivity contribution in [2.45, 2.75) is 20.3 Å². The Labute approximate surface area is 450 Å². The minimum absolute atomic E-state index is 0.644. The van der Waals surface area contributed by atoms with Crippen LogP contribution in [-0.2, 0) is 6.42 Å². The van der Waals surface area contributed by atoms with Gasteiger partial charge in [-0.1, -0.05) is 225 Å². The lowest BCUT2D eigenvalue weighted by molar-refractivity contribution is 1.14. The van der Waals surface area contributed by atoms with Crippen LogP contribution < -0.4 is 11.5 Å². The SMILES string of the molecule is C=CC.CCc1cccc(-c2cc(-c3cccc(-c4ccccc4)c3)cc3c2sc2ccc(-c4cccc(-c5ccccc5)c4)cc23)c1.Nc1c(N)c2cc(-c3ccccc3)ccc2c2ccc(-c3ccccc3)cc12. The lowest BCUT2D eigenvalue weighted by Gasteiger charge is -2.14. The van der Waals surface area contributed by atoms with Gasteiger partial charge in [0.25, 0.3) is 0 Å². The molecule has 2 nitrogen and oxygen atoms in total. The molecule has 0 saturated heterocycles. The molecule has 366 valence electrons. The molecule has 0 radical (unpaired) electrons. The second-order valence-electron chi connectivity index (χ2n) is 19.1. The van der Waals surface area contributed by atoms with Crippen LogP contribution in [0.4, 0.5) is 11.4 Å². The number of nitrogens with two attached hydrogens (primary N) is 2. The van der Waals surface area contributed by atoms with Crippen molar-refractivity contribution >= 4 is 64.4 Å². The van der Waals surface area contributed by atoms with Gasteiger partial charge in [0.05, 0.1) is 11.4 Å². The Hall–Kier alpha value is -9.28. The number of aryl methyl sites for hydroxylation is 1. The van der Waals surface area contributed by atoms with Gasteiger partial charge in [-0.3, -0.25) is 0 Å². The molecular formula is C73H58N2S. The maximum atomic E-state index is 6.50. The van der Waals surface area contributed by atoms with Crippen LogP contribution in [0, 0.1) is 0 Å². The quantitative estimate of drug-likeness (QED) is 0.0690. The Morgan fingerprint density at radius 3 is 1.16 bits per heavy atom. The number of benzene rings is 12. The van der Waals surface area contributed by atoms with E-state index in [2.05, 4.69) is 238 Å². The predicted octanol–water partition coefficient (Wildman–Crippen LogP) is 20.6. The van der Waals surface area contributed by atoms with E-state index in [1.54, 1.807) is 6.08 Å². The molecule has 12 aromatic carbocycles. The summed E-state index contributed by atoms with van der Waals surface area (Å²) in [4.78, 5) is 0. The summed E-state index contributed by atoms with van der Waals surface area (Å²) in [6.45, 7) is 7.48. The summed E-state index contributed by atoms with van der Waals surface area (Å²) in [6, 6.07) is 93.6. The van der Waals surface area contributed by atoms with Crippen LogP contribution in [0.15, 0.2) is 274 Å². The molecule has 0 bridgehead atoms. The fraction of sp³-hybridized carbons (Fsp3) is 0.0411. The van der Waals surface area contributed by atoms with Gasteiger partial charge in [-0.05, 0) is 151 Å². The van der Waals surface area contributed by atoms with Crippen LogP contribution in [-0.4, -0.2) is 0 Å². The Morgan fingerprint density at radius 2 is 0.684 bits per heavy atom. The molecule has 0 saturated carbocycles. The van der Waals surface area contributed by atoms with Crippen molar-refractivity contribution < 1.29 is 0 Å². The average molecular weight is 995 g/mol. The highest BCUT2D eigenvalue weighted by Gasteiger charge is 2.17. The van der Waals surface area contributed by atoms with E-state index in [1.807, 2.05) is 54.7 Å². The minimum Gasteiger partial charge on any atom is -0.397 e. The van der Waals surface area contributed by atoms with Crippen molar-refractivity contribution in [1.82, 2.24) is 0 Å². The number of anilines is 2. The number of hydrogen-bond acceptors (Lipinski definition) is 3. The van der Waals surface area contributed by atoms with Crippen LogP contribution in [0.25, 0.3) is 120 Å². The summed E-state index contributed by atoms with van der Waals surface area (Å²) in [5.74, 6) is 0. The normalized spacial score (nSPS) is 11.0. The molecule has 0 aliphatic rings. The summed E-state index contributed by atoms with van der Waals surface area (Å²) in [5.41, 5.74) is 32.7. The van der Waals surface area contributed by atoms with Gasteiger partial charge >= 0.3 is 0 Å². The van der Waals surface area contributed by atoms with Crippen molar-refractivity contribution in [1.29, 1.82) is 0 Å². The molecule has 13 rings (SSSR count). The van der Waals surface area contributed by atoms with Gasteiger partial charge < -0.3 is 11.5 Å². The van der Waals surface area contributed by atoms with Crippen molar-refractivity contribution in [3.63, 3.8) is 0 Å². The van der Waals surface area contributed by atoms with Gasteiger partial charge in [-0.2, -0.15) is 0 Å². The van der Waals surface area contributed by atoms with Crippen LogP contribution in [0.1, 0.15) is 19.4 Å². The van der Waals surface area contributed by atoms with Crippen molar-refractivity contribution in [3.8, 4) is 77.9 Å². The summed E-state index contributed by atoms with van der Waals surface area (Å²) < 4.78 is 2.66. The molecule has 1 aromatic heterocycles. The first-order valence-corrected chi connectivity index (χ1v) is 26.8. The molecular weight excluding hydrogens is 937 g/mol. The maximum absolute atomic E-state index is 6.50. The zero-order chi connectivity index (χ0) is 52.0. The van der Waals surface area contributed by atoms with Crippen molar-refractivity contribution in [2.24, 2.45) is 0 Å². The third-order valence-electron chi connectivity index (χ3n) is 14.2. The summed E-state index contributed by atoms with van der Waals surface area (Å²) in [5, 5.41) is 6.88. The largest absolute Gasteiger partial charge is 0.397 e. The first-order chi connectivity index (χ1) is 37.4. The van der Waals surface area contributed by atoms with Gasteiger partial charge in [0.1, 0.15) is 0 Å². The smallest absolute Gasteiger partial charge is 0.0634 e. The topological polar surface area (TPSA) is 52.0 Å². The zero-order valence-electron chi connectivity index (χ0n) is 42.9. The first-order valence-electron chi connectivity index (χ1n) is 26.0. The maximum Gasteiger partial charge on any atom is 0.0634 e. The third-order valence-corrected chi connectivity index (χ3v) is 15.5. The second-order valence-corrected chi connectivity index (χ2v) is 20.2. The van der Waals surface area contributed by atoms with Crippen LogP contribution >= 0.6 is 11.3 Å². The van der Waals surface area contributed by atoms with Gasteiger partial charge in [-0.25, -0.2) is 0 Å². The lowest BCUT2D eigenvalue weighted by Crippen LogP contribution is -1.98. The van der Waals surface area contributed by atoms with Crippen LogP contribution in [0.2, 0.25) is 0 Å². The van der Waals surface area contributed by atoms with E-state index in [0.717, 1.165) is 39.1 Å². The first kappa shape index (κ1) is 49.0. The summed E-state index contributed by atoms with van der Waals surface area (Å²) in [6.07, 6.45) is 2.77. The molecule has 4 N–H and O–H groups in total. The summed E-state index contributed by atoms with van der Waals surface area (Å²) >= 11 is 1.90. The number of nitrogen functional groups attached to an aromatic ring is 2. The molecule has 1 heterocycles. The fourth-order valence-corrected chi connectivity index (χ4v) is 11.5. The number of hydrogen-bond donors (Lipinski definition) is 2. The number of allylic oxidation sites excluding steroid dienone is 1. The molecule has 0 atom stereocenters. The highest BCUT2D eigenvalue weighted by atomic mass is 32.1. The molecule has 76 heavy (non-hydrogen) atoms. The van der Waals surface area contributed by atoms with Crippen molar-refractivity contribution in [2.75, 3.05) is 11.5 Å². The lowest BCUT2D eigenvalue weighted by atomic mass is 9.93. The van der Waals surface area contributed by atoms with E-state index in [0.29, 0.717) is 11.4 Å². The molecule has 3 heteroatoms. The monoisotopic (exact) mass is 994 g/mol. The van der Waals surface area contributed by atoms with E-state index in [4.69, 9.17) is 11.5 Å². The molecule has 0 fully saturated rings. The van der Waals surface area contributed by atoms with E-state index in [1.165, 1.54) is 92.5 Å². The van der Waals surface area contributed by atoms with E-state index >= 15 is 0 Å². The molecule has 0 unspecified atom stereocenters. The van der Waals surface area contributed by atoms with Gasteiger partial charge in [0.15, 0.2) is 0 Å². The van der Waals surface area contributed by atoms with E-state index < -0.39 is 0 Å². The fourth-order valence-electron chi connectivity index (χ4n) is 10.3. The van der Waals surface area contributed by atoms with Crippen molar-refractivity contribution in [3.05, 3.63) is 279 Å². The minimum atomic E-state index is 0.644. The molecule has 0 amide bonds. The highest BCUT2D eigenvalue weighted by Crippen LogP contribution is 2.45. The second kappa shape index (κ2) is 22.1. The van der Waals surface area contributed by atoms with Crippen LogP contribution in [0.3, 0.4) is 0 Å². The number of rotatable bonds is 8.